The summed E-state index contributed by atoms with van der Waals surface area (Å²) in [5, 5.41) is 8.46. The van der Waals surface area contributed by atoms with Crippen molar-refractivity contribution in [3.8, 4) is 0 Å². The summed E-state index contributed by atoms with van der Waals surface area (Å²) < 4.78 is 5.30. The maximum Gasteiger partial charge on any atom is 0.410 e. The minimum Gasteiger partial charge on any atom is -0.465 e. The molecule has 25 heavy (non-hydrogen) atoms. The molecular weight excluding hydrogens is 342 g/mol. The zero-order chi connectivity index (χ0) is 19.0. The van der Waals surface area contributed by atoms with Crippen LogP contribution in [-0.4, -0.2) is 63.9 Å². The molecule has 3 N–H and O–H groups in total. The molecule has 0 atom stereocenters. The third-order valence-electron chi connectivity index (χ3n) is 4.18. The fourth-order valence-corrected chi connectivity index (χ4v) is 2.99. The number of hydrogen-bond donors (Lipinski definition) is 2. The minimum atomic E-state index is -0.769. The van der Waals surface area contributed by atoms with Gasteiger partial charge in [0.2, 0.25) is 0 Å². The van der Waals surface area contributed by atoms with E-state index in [1.807, 2.05) is 20.8 Å². The van der Waals surface area contributed by atoms with E-state index in [1.54, 1.807) is 4.90 Å². The molecule has 2 aliphatic heterocycles. The third-order valence-corrected chi connectivity index (χ3v) is 4.51. The van der Waals surface area contributed by atoms with Crippen molar-refractivity contribution in [2.24, 2.45) is 11.7 Å². The number of piperidine rings is 2. The zero-order valence-electron chi connectivity index (χ0n) is 15.5. The molecule has 2 aliphatic rings. The standard InChI is InChI=1S/C11H20N2O2S.C6H11NO2/c1-11(2,3)15-10(14)13-6-4-8(5-7-13)9(12)16;8-6(9)7-4-2-1-3-5-7/h8H,4-7H2,1-3H3,(H2,12,16);1-5H2,(H,8,9). The average molecular weight is 374 g/mol. The fraction of sp³-hybridized carbons (Fsp3) is 0.824. The Morgan fingerprint density at radius 1 is 1.04 bits per heavy atom. The van der Waals surface area contributed by atoms with E-state index in [4.69, 9.17) is 27.8 Å². The van der Waals surface area contributed by atoms with Gasteiger partial charge >= 0.3 is 12.2 Å². The number of likely N-dealkylation sites (tertiary alicyclic amines) is 2. The topological polar surface area (TPSA) is 96.1 Å². The Morgan fingerprint density at radius 2 is 1.56 bits per heavy atom. The number of rotatable bonds is 1. The minimum absolute atomic E-state index is 0.242. The molecule has 2 rings (SSSR count). The second-order valence-corrected chi connectivity index (χ2v) is 7.95. The first-order valence-electron chi connectivity index (χ1n) is 8.85. The van der Waals surface area contributed by atoms with Gasteiger partial charge in [-0.2, -0.15) is 0 Å². The number of amides is 2. The van der Waals surface area contributed by atoms with Crippen molar-refractivity contribution in [3.05, 3.63) is 0 Å². The quantitative estimate of drug-likeness (QED) is 0.686. The number of carboxylic acid groups (broad SMARTS) is 1. The van der Waals surface area contributed by atoms with Gasteiger partial charge in [0.25, 0.3) is 0 Å². The van der Waals surface area contributed by atoms with Crippen LogP contribution in [0.1, 0.15) is 52.9 Å². The van der Waals surface area contributed by atoms with Gasteiger partial charge in [0.15, 0.2) is 0 Å². The lowest BCUT2D eigenvalue weighted by atomic mass is 9.97. The summed E-state index contributed by atoms with van der Waals surface area (Å²) in [5.74, 6) is 0.272. The molecule has 8 heteroatoms. The Bertz CT molecular complexity index is 465. The van der Waals surface area contributed by atoms with Crippen LogP contribution in [0.3, 0.4) is 0 Å². The van der Waals surface area contributed by atoms with E-state index in [0.717, 1.165) is 38.8 Å². The van der Waals surface area contributed by atoms with Gasteiger partial charge in [-0.05, 0) is 52.9 Å². The molecule has 0 saturated carbocycles. The summed E-state index contributed by atoms with van der Waals surface area (Å²) in [6.45, 7) is 8.42. The Morgan fingerprint density at radius 3 is 1.92 bits per heavy atom. The van der Waals surface area contributed by atoms with Crippen molar-refractivity contribution in [3.63, 3.8) is 0 Å². The van der Waals surface area contributed by atoms with Crippen molar-refractivity contribution in [2.75, 3.05) is 26.2 Å². The first kappa shape index (κ1) is 21.5. The highest BCUT2D eigenvalue weighted by Crippen LogP contribution is 2.19. The molecule has 0 unspecified atom stereocenters. The molecule has 7 nitrogen and oxygen atoms in total. The fourth-order valence-electron chi connectivity index (χ4n) is 2.76. The molecule has 2 saturated heterocycles. The second kappa shape index (κ2) is 9.79. The van der Waals surface area contributed by atoms with Crippen LogP contribution in [0.25, 0.3) is 0 Å². The number of carbonyl (C=O) groups is 2. The van der Waals surface area contributed by atoms with E-state index in [2.05, 4.69) is 0 Å². The molecule has 2 fully saturated rings. The van der Waals surface area contributed by atoms with Crippen LogP contribution in [0, 0.1) is 5.92 Å². The van der Waals surface area contributed by atoms with Crippen LogP contribution in [0.5, 0.6) is 0 Å². The van der Waals surface area contributed by atoms with Crippen LogP contribution in [0.4, 0.5) is 9.59 Å². The molecule has 2 amide bonds. The van der Waals surface area contributed by atoms with E-state index in [1.165, 1.54) is 11.3 Å². The molecule has 0 aromatic heterocycles. The highest BCUT2D eigenvalue weighted by atomic mass is 32.1. The van der Waals surface area contributed by atoms with Gasteiger partial charge in [0.1, 0.15) is 5.60 Å². The maximum atomic E-state index is 11.7. The summed E-state index contributed by atoms with van der Waals surface area (Å²) in [5.41, 5.74) is 5.15. The highest BCUT2D eigenvalue weighted by molar-refractivity contribution is 7.80. The van der Waals surface area contributed by atoms with Crippen molar-refractivity contribution < 1.29 is 19.4 Å². The molecule has 0 aromatic carbocycles. The normalized spacial score (nSPS) is 18.8. The van der Waals surface area contributed by atoms with Gasteiger partial charge in [-0.15, -0.1) is 0 Å². The van der Waals surface area contributed by atoms with Gasteiger partial charge in [-0.1, -0.05) is 12.2 Å². The van der Waals surface area contributed by atoms with Gasteiger partial charge in [-0.3, -0.25) is 0 Å². The largest absolute Gasteiger partial charge is 0.465 e. The Kier molecular flexibility index (Phi) is 8.41. The highest BCUT2D eigenvalue weighted by Gasteiger charge is 2.27. The summed E-state index contributed by atoms with van der Waals surface area (Å²) in [6.07, 6.45) is 3.93. The maximum absolute atomic E-state index is 11.7. The molecule has 0 aromatic rings. The monoisotopic (exact) mass is 373 g/mol. The number of hydrogen-bond acceptors (Lipinski definition) is 4. The van der Waals surface area contributed by atoms with Gasteiger partial charge in [0, 0.05) is 32.1 Å². The summed E-state index contributed by atoms with van der Waals surface area (Å²) in [7, 11) is 0. The molecular formula is C17H31N3O4S. The lowest BCUT2D eigenvalue weighted by Crippen LogP contribution is -2.43. The van der Waals surface area contributed by atoms with Crippen LogP contribution in [0.2, 0.25) is 0 Å². The SMILES string of the molecule is CC(C)(C)OC(=O)N1CCC(C(N)=S)CC1.O=C(O)N1CCCCC1. The third kappa shape index (κ3) is 8.38. The summed E-state index contributed by atoms with van der Waals surface area (Å²) in [6, 6.07) is 0. The molecule has 144 valence electrons. The smallest absolute Gasteiger partial charge is 0.410 e. The molecule has 0 radical (unpaired) electrons. The van der Waals surface area contributed by atoms with Crippen LogP contribution >= 0.6 is 12.2 Å². The zero-order valence-corrected chi connectivity index (χ0v) is 16.3. The number of nitrogens with two attached hydrogens (primary N) is 1. The van der Waals surface area contributed by atoms with Crippen molar-refractivity contribution in [2.45, 2.75) is 58.5 Å². The Balaban J connectivity index is 0.000000293. The predicted molar refractivity (Wildman–Crippen MR) is 101 cm³/mol. The van der Waals surface area contributed by atoms with E-state index in [0.29, 0.717) is 18.1 Å². The molecule has 0 aliphatic carbocycles. The summed E-state index contributed by atoms with van der Waals surface area (Å²) >= 11 is 4.95. The molecule has 0 spiro atoms. The van der Waals surface area contributed by atoms with Gasteiger partial charge < -0.3 is 25.4 Å². The van der Waals surface area contributed by atoms with Crippen molar-refractivity contribution >= 4 is 29.4 Å². The predicted octanol–water partition coefficient (Wildman–Crippen LogP) is 3.07. The summed E-state index contributed by atoms with van der Waals surface area (Å²) in [4.78, 5) is 25.8. The molecule has 0 bridgehead atoms. The molecule has 2 heterocycles. The Labute approximate surface area is 155 Å². The second-order valence-electron chi connectivity index (χ2n) is 7.47. The van der Waals surface area contributed by atoms with Crippen molar-refractivity contribution in [1.29, 1.82) is 0 Å². The number of nitrogens with zero attached hydrogens (tertiary/aromatic N) is 2. The van der Waals surface area contributed by atoms with Crippen molar-refractivity contribution in [1.82, 2.24) is 9.80 Å². The first-order valence-corrected chi connectivity index (χ1v) is 9.26. The lowest BCUT2D eigenvalue weighted by molar-refractivity contribution is 0.0202. The van der Waals surface area contributed by atoms with E-state index in [9.17, 15) is 9.59 Å². The first-order chi connectivity index (χ1) is 11.6. The number of ether oxygens (including phenoxy) is 1. The van der Waals surface area contributed by atoms with E-state index < -0.39 is 11.7 Å². The number of carbonyl (C=O) groups excluding carboxylic acids is 1. The average Bonchev–Trinajstić information content (AvgIpc) is 2.55. The van der Waals surface area contributed by atoms with Crippen LogP contribution in [-0.2, 0) is 4.74 Å². The van der Waals surface area contributed by atoms with E-state index in [-0.39, 0.29) is 12.0 Å². The van der Waals surface area contributed by atoms with Crippen LogP contribution < -0.4 is 5.73 Å². The van der Waals surface area contributed by atoms with Gasteiger partial charge in [0.05, 0.1) is 4.99 Å². The lowest BCUT2D eigenvalue weighted by Gasteiger charge is -2.33. The van der Waals surface area contributed by atoms with E-state index >= 15 is 0 Å². The van der Waals surface area contributed by atoms with Crippen LogP contribution in [0.15, 0.2) is 0 Å². The number of thiocarbonyl (C=S) groups is 1. The van der Waals surface area contributed by atoms with Gasteiger partial charge in [-0.25, -0.2) is 9.59 Å². The Hall–Kier alpha value is -1.57.